The van der Waals surface area contributed by atoms with Crippen LogP contribution in [0.3, 0.4) is 0 Å². The number of carboxylic acids is 1. The fourth-order valence-electron chi connectivity index (χ4n) is 1.69. The van der Waals surface area contributed by atoms with Gasteiger partial charge >= 0.3 is 5.97 Å². The van der Waals surface area contributed by atoms with Gasteiger partial charge in [0, 0.05) is 11.5 Å². The fourth-order valence-corrected chi connectivity index (χ4v) is 1.69. The lowest BCUT2D eigenvalue weighted by Crippen LogP contribution is -2.10. The second-order valence-electron chi connectivity index (χ2n) is 4.23. The van der Waals surface area contributed by atoms with Crippen molar-refractivity contribution in [3.63, 3.8) is 0 Å². The fraction of sp³-hybridized carbons (Fsp3) is 0.231. The SMILES string of the molecule is CC(C)Oc1ccc2[nH]c(C(=O)O)cc(=O)c2c1. The first kappa shape index (κ1) is 12.2. The zero-order valence-electron chi connectivity index (χ0n) is 10.1. The van der Waals surface area contributed by atoms with Crippen LogP contribution in [0.15, 0.2) is 29.1 Å². The molecule has 1 heterocycles. The van der Waals surface area contributed by atoms with Gasteiger partial charge in [0.15, 0.2) is 5.43 Å². The summed E-state index contributed by atoms with van der Waals surface area (Å²) in [6.07, 6.45) is 0.0137. The van der Waals surface area contributed by atoms with E-state index in [4.69, 9.17) is 9.84 Å². The third-order valence-electron chi connectivity index (χ3n) is 2.40. The van der Waals surface area contributed by atoms with Crippen LogP contribution in [0.25, 0.3) is 10.9 Å². The van der Waals surface area contributed by atoms with Gasteiger partial charge in [0.05, 0.1) is 11.6 Å². The zero-order valence-corrected chi connectivity index (χ0v) is 10.1. The molecule has 5 nitrogen and oxygen atoms in total. The Hall–Kier alpha value is -2.30. The molecule has 0 radical (unpaired) electrons. The maximum Gasteiger partial charge on any atom is 0.352 e. The average Bonchev–Trinajstić information content (AvgIpc) is 2.28. The van der Waals surface area contributed by atoms with Crippen molar-refractivity contribution < 1.29 is 14.6 Å². The zero-order chi connectivity index (χ0) is 13.3. The Labute approximate surface area is 103 Å². The molecule has 1 aromatic carbocycles. The van der Waals surface area contributed by atoms with E-state index in [1.165, 1.54) is 0 Å². The minimum Gasteiger partial charge on any atom is -0.491 e. The molecular formula is C13H13NO4. The number of aromatic nitrogens is 1. The van der Waals surface area contributed by atoms with Crippen LogP contribution in [-0.2, 0) is 0 Å². The van der Waals surface area contributed by atoms with Crippen LogP contribution in [0.5, 0.6) is 5.75 Å². The number of aromatic carboxylic acids is 1. The summed E-state index contributed by atoms with van der Waals surface area (Å²) in [5.41, 5.74) is 0.0244. The minimum absolute atomic E-state index is 0.0137. The Bertz CT molecular complexity index is 658. The highest BCUT2D eigenvalue weighted by Crippen LogP contribution is 2.18. The van der Waals surface area contributed by atoms with E-state index >= 15 is 0 Å². The quantitative estimate of drug-likeness (QED) is 0.869. The van der Waals surface area contributed by atoms with Gasteiger partial charge in [-0.25, -0.2) is 4.79 Å². The first-order chi connectivity index (χ1) is 8.47. The van der Waals surface area contributed by atoms with E-state index < -0.39 is 5.97 Å². The second kappa shape index (κ2) is 4.52. The summed E-state index contributed by atoms with van der Waals surface area (Å²) in [5, 5.41) is 9.26. The largest absolute Gasteiger partial charge is 0.491 e. The molecule has 0 saturated carbocycles. The van der Waals surface area contributed by atoms with Gasteiger partial charge in [-0.1, -0.05) is 0 Å². The van der Waals surface area contributed by atoms with Crippen molar-refractivity contribution in [1.29, 1.82) is 0 Å². The minimum atomic E-state index is -1.16. The van der Waals surface area contributed by atoms with Crippen LogP contribution < -0.4 is 10.2 Å². The Morgan fingerprint density at radius 1 is 1.33 bits per heavy atom. The molecular weight excluding hydrogens is 234 g/mol. The van der Waals surface area contributed by atoms with Crippen molar-refractivity contribution in [2.75, 3.05) is 0 Å². The lowest BCUT2D eigenvalue weighted by atomic mass is 10.2. The standard InChI is InChI=1S/C13H13NO4/c1-7(2)18-8-3-4-10-9(5-8)12(15)6-11(14-10)13(16)17/h3-7H,1-2H3,(H,14,15)(H,16,17). The number of ether oxygens (including phenoxy) is 1. The molecule has 0 fully saturated rings. The van der Waals surface area contributed by atoms with E-state index in [1.807, 2.05) is 13.8 Å². The van der Waals surface area contributed by atoms with E-state index in [2.05, 4.69) is 4.98 Å². The number of benzene rings is 1. The van der Waals surface area contributed by atoms with E-state index in [0.29, 0.717) is 16.7 Å². The summed E-state index contributed by atoms with van der Waals surface area (Å²) in [6.45, 7) is 3.78. The molecule has 0 amide bonds. The van der Waals surface area contributed by atoms with Gasteiger partial charge < -0.3 is 14.8 Å². The number of aromatic amines is 1. The van der Waals surface area contributed by atoms with Crippen LogP contribution in [0.2, 0.25) is 0 Å². The van der Waals surface area contributed by atoms with E-state index in [-0.39, 0.29) is 17.2 Å². The average molecular weight is 247 g/mol. The Morgan fingerprint density at radius 2 is 2.06 bits per heavy atom. The van der Waals surface area contributed by atoms with Crippen molar-refractivity contribution in [1.82, 2.24) is 4.98 Å². The Balaban J connectivity index is 2.58. The first-order valence-corrected chi connectivity index (χ1v) is 5.54. The Kier molecular flexibility index (Phi) is 3.06. The summed E-state index contributed by atoms with van der Waals surface area (Å²) >= 11 is 0. The highest BCUT2D eigenvalue weighted by Gasteiger charge is 2.09. The molecule has 2 rings (SSSR count). The molecule has 0 unspecified atom stereocenters. The predicted octanol–water partition coefficient (Wildman–Crippen LogP) is 2.01. The van der Waals surface area contributed by atoms with Crippen molar-refractivity contribution in [2.24, 2.45) is 0 Å². The third kappa shape index (κ3) is 2.34. The highest BCUT2D eigenvalue weighted by atomic mass is 16.5. The summed E-state index contributed by atoms with van der Waals surface area (Å²) in [5.74, 6) is -0.567. The molecule has 18 heavy (non-hydrogen) atoms. The van der Waals surface area contributed by atoms with E-state index in [1.54, 1.807) is 18.2 Å². The molecule has 2 N–H and O–H groups in total. The highest BCUT2D eigenvalue weighted by molar-refractivity contribution is 5.90. The summed E-state index contributed by atoms with van der Waals surface area (Å²) in [7, 11) is 0. The van der Waals surface area contributed by atoms with Crippen molar-refractivity contribution in [2.45, 2.75) is 20.0 Å². The molecule has 0 aliphatic carbocycles. The lowest BCUT2D eigenvalue weighted by Gasteiger charge is -2.10. The molecule has 2 aromatic rings. The molecule has 1 aromatic heterocycles. The molecule has 94 valence electrons. The second-order valence-corrected chi connectivity index (χ2v) is 4.23. The number of hydrogen-bond donors (Lipinski definition) is 2. The normalized spacial score (nSPS) is 10.8. The Morgan fingerprint density at radius 3 is 2.67 bits per heavy atom. The van der Waals surface area contributed by atoms with Crippen LogP contribution in [0.4, 0.5) is 0 Å². The number of nitrogens with one attached hydrogen (secondary N) is 1. The van der Waals surface area contributed by atoms with Crippen LogP contribution in [0.1, 0.15) is 24.3 Å². The van der Waals surface area contributed by atoms with Gasteiger partial charge in [-0.15, -0.1) is 0 Å². The molecule has 5 heteroatoms. The third-order valence-corrected chi connectivity index (χ3v) is 2.40. The van der Waals surface area contributed by atoms with Gasteiger partial charge in [0.25, 0.3) is 0 Å². The monoisotopic (exact) mass is 247 g/mol. The van der Waals surface area contributed by atoms with Gasteiger partial charge in [0.1, 0.15) is 11.4 Å². The number of pyridine rings is 1. The molecule has 0 aliphatic heterocycles. The predicted molar refractivity (Wildman–Crippen MR) is 67.3 cm³/mol. The number of fused-ring (bicyclic) bond motifs is 1. The van der Waals surface area contributed by atoms with Gasteiger partial charge in [-0.05, 0) is 32.0 Å². The lowest BCUT2D eigenvalue weighted by molar-refractivity contribution is 0.0691. The van der Waals surface area contributed by atoms with Crippen molar-refractivity contribution >= 4 is 16.9 Å². The van der Waals surface area contributed by atoms with Crippen molar-refractivity contribution in [3.8, 4) is 5.75 Å². The summed E-state index contributed by atoms with van der Waals surface area (Å²) in [6, 6.07) is 6.02. The van der Waals surface area contributed by atoms with Crippen molar-refractivity contribution in [3.05, 3.63) is 40.2 Å². The molecule has 0 atom stereocenters. The molecule has 0 spiro atoms. The molecule has 0 saturated heterocycles. The first-order valence-electron chi connectivity index (χ1n) is 5.54. The van der Waals surface area contributed by atoms with E-state index in [9.17, 15) is 9.59 Å². The summed E-state index contributed by atoms with van der Waals surface area (Å²) in [4.78, 5) is 25.3. The number of H-pyrrole nitrogens is 1. The maximum absolute atomic E-state index is 11.8. The molecule has 0 aliphatic rings. The number of hydrogen-bond acceptors (Lipinski definition) is 3. The van der Waals surface area contributed by atoms with E-state index in [0.717, 1.165) is 6.07 Å². The maximum atomic E-state index is 11.8. The van der Waals surface area contributed by atoms with Crippen LogP contribution >= 0.6 is 0 Å². The molecule has 0 bridgehead atoms. The smallest absolute Gasteiger partial charge is 0.352 e. The topological polar surface area (TPSA) is 79.4 Å². The van der Waals surface area contributed by atoms with Gasteiger partial charge in [-0.2, -0.15) is 0 Å². The summed E-state index contributed by atoms with van der Waals surface area (Å²) < 4.78 is 5.49. The van der Waals surface area contributed by atoms with Crippen LogP contribution in [0, 0.1) is 0 Å². The number of carbonyl (C=O) groups is 1. The van der Waals surface area contributed by atoms with Gasteiger partial charge in [-0.3, -0.25) is 4.79 Å². The number of carboxylic acid groups (broad SMARTS) is 1. The van der Waals surface area contributed by atoms with Gasteiger partial charge in [0.2, 0.25) is 0 Å². The van der Waals surface area contributed by atoms with Crippen LogP contribution in [-0.4, -0.2) is 22.2 Å². The number of rotatable bonds is 3.